The van der Waals surface area contributed by atoms with E-state index in [1.165, 1.54) is 22.2 Å². The van der Waals surface area contributed by atoms with Crippen molar-refractivity contribution in [1.82, 2.24) is 24.8 Å². The zero-order valence-electron chi connectivity index (χ0n) is 18.1. The van der Waals surface area contributed by atoms with Gasteiger partial charge in [0.2, 0.25) is 0 Å². The minimum atomic E-state index is 0. The Kier molecular flexibility index (Phi) is 7.80. The lowest BCUT2D eigenvalue weighted by molar-refractivity contribution is 0.189. The van der Waals surface area contributed by atoms with Crippen LogP contribution in [0.2, 0.25) is 0 Å². The summed E-state index contributed by atoms with van der Waals surface area (Å²) in [5.74, 6) is 1.67. The molecule has 0 radical (unpaired) electrons. The number of halogens is 1. The van der Waals surface area contributed by atoms with Gasteiger partial charge in [-0.15, -0.1) is 24.0 Å². The number of aromatic nitrogens is 3. The van der Waals surface area contributed by atoms with Gasteiger partial charge in [0.05, 0.1) is 12.4 Å². The molecule has 1 saturated heterocycles. The van der Waals surface area contributed by atoms with E-state index in [0.29, 0.717) is 12.0 Å². The maximum absolute atomic E-state index is 4.99. The van der Waals surface area contributed by atoms with Crippen LogP contribution < -0.4 is 5.32 Å². The van der Waals surface area contributed by atoms with E-state index in [4.69, 9.17) is 4.99 Å². The highest BCUT2D eigenvalue weighted by molar-refractivity contribution is 14.0. The molecule has 3 aromatic rings. The Hall–Kier alpha value is -2.03. The Bertz CT molecular complexity index is 961. The predicted octanol–water partition coefficient (Wildman–Crippen LogP) is 4.38. The Morgan fingerprint density at radius 1 is 1.33 bits per heavy atom. The van der Waals surface area contributed by atoms with Crippen LogP contribution in [0.1, 0.15) is 37.6 Å². The lowest BCUT2D eigenvalue weighted by atomic mass is 9.93. The Morgan fingerprint density at radius 3 is 2.93 bits per heavy atom. The Morgan fingerprint density at radius 2 is 2.17 bits per heavy atom. The smallest absolute Gasteiger partial charge is 0.193 e. The molecule has 1 aliphatic heterocycles. The molecule has 6 nitrogen and oxygen atoms in total. The summed E-state index contributed by atoms with van der Waals surface area (Å²) >= 11 is 0. The lowest BCUT2D eigenvalue weighted by Crippen LogP contribution is -2.49. The fourth-order valence-corrected chi connectivity index (χ4v) is 4.45. The van der Waals surface area contributed by atoms with Crippen LogP contribution in [0, 0.1) is 12.8 Å². The van der Waals surface area contributed by atoms with Crippen molar-refractivity contribution in [3.05, 3.63) is 54.2 Å². The van der Waals surface area contributed by atoms with E-state index in [1.54, 1.807) is 0 Å². The number of rotatable bonds is 5. The minimum absolute atomic E-state index is 0. The summed E-state index contributed by atoms with van der Waals surface area (Å²) in [7, 11) is 0. The van der Waals surface area contributed by atoms with Crippen molar-refractivity contribution < 1.29 is 0 Å². The molecule has 2 aromatic heterocycles. The second-order valence-corrected chi connectivity index (χ2v) is 8.05. The van der Waals surface area contributed by atoms with E-state index in [0.717, 1.165) is 45.0 Å². The number of aliphatic imine (C=N–C) groups is 1. The third-order valence-corrected chi connectivity index (χ3v) is 6.11. The number of aryl methyl sites for hydroxylation is 1. The van der Waals surface area contributed by atoms with Crippen LogP contribution in [0.5, 0.6) is 0 Å². The second-order valence-electron chi connectivity index (χ2n) is 8.05. The predicted molar refractivity (Wildman–Crippen MR) is 135 cm³/mol. The molecule has 162 valence electrons. The molecule has 2 N–H and O–H groups in total. The van der Waals surface area contributed by atoms with Crippen LogP contribution in [-0.4, -0.2) is 51.6 Å². The van der Waals surface area contributed by atoms with Crippen LogP contribution in [-0.2, 0) is 6.42 Å². The summed E-state index contributed by atoms with van der Waals surface area (Å²) in [5, 5.41) is 4.82. The zero-order chi connectivity index (χ0) is 20.2. The number of nitrogens with zero attached hydrogens (tertiary/aromatic N) is 4. The van der Waals surface area contributed by atoms with Gasteiger partial charge in [0.1, 0.15) is 0 Å². The maximum atomic E-state index is 4.99. The molecule has 7 heteroatoms. The van der Waals surface area contributed by atoms with Crippen molar-refractivity contribution in [1.29, 1.82) is 0 Å². The number of imidazole rings is 1. The van der Waals surface area contributed by atoms with Crippen LogP contribution in [0.25, 0.3) is 10.9 Å². The summed E-state index contributed by atoms with van der Waals surface area (Å²) in [5.41, 5.74) is 3.84. The van der Waals surface area contributed by atoms with Gasteiger partial charge in [-0.25, -0.2) is 4.98 Å². The molecule has 0 saturated carbocycles. The van der Waals surface area contributed by atoms with E-state index in [9.17, 15) is 0 Å². The lowest BCUT2D eigenvalue weighted by Gasteiger charge is -2.39. The number of piperidine rings is 1. The number of H-pyrrole nitrogens is 1. The number of hydrogen-bond donors (Lipinski definition) is 2. The molecule has 30 heavy (non-hydrogen) atoms. The van der Waals surface area contributed by atoms with Crippen LogP contribution in [0.3, 0.4) is 0 Å². The third-order valence-electron chi connectivity index (χ3n) is 6.11. The maximum Gasteiger partial charge on any atom is 0.193 e. The van der Waals surface area contributed by atoms with Crippen molar-refractivity contribution in [2.45, 2.75) is 39.7 Å². The van der Waals surface area contributed by atoms with Crippen molar-refractivity contribution >= 4 is 40.8 Å². The summed E-state index contributed by atoms with van der Waals surface area (Å²) in [6.07, 6.45) is 7.99. The number of guanidine groups is 1. The van der Waals surface area contributed by atoms with E-state index < -0.39 is 0 Å². The quantitative estimate of drug-likeness (QED) is 0.298. The van der Waals surface area contributed by atoms with Crippen LogP contribution in [0.4, 0.5) is 0 Å². The molecular weight excluding hydrogens is 487 g/mol. The van der Waals surface area contributed by atoms with Gasteiger partial charge in [-0.1, -0.05) is 25.1 Å². The Balaban J connectivity index is 0.00000256. The molecule has 0 amide bonds. The molecule has 2 unspecified atom stereocenters. The average molecular weight is 520 g/mol. The van der Waals surface area contributed by atoms with Crippen LogP contribution >= 0.6 is 24.0 Å². The average Bonchev–Trinajstić information content (AvgIpc) is 3.36. The molecular formula is C23H33IN6. The van der Waals surface area contributed by atoms with Crippen molar-refractivity contribution in [2.24, 2.45) is 10.9 Å². The van der Waals surface area contributed by atoms with Crippen LogP contribution in [0.15, 0.2) is 48.0 Å². The second kappa shape index (κ2) is 10.3. The summed E-state index contributed by atoms with van der Waals surface area (Å²) < 4.78 is 2.25. The highest BCUT2D eigenvalue weighted by Gasteiger charge is 2.28. The Labute approximate surface area is 196 Å². The van der Waals surface area contributed by atoms with Gasteiger partial charge in [0.25, 0.3) is 0 Å². The molecule has 0 spiro atoms. The number of benzene rings is 1. The molecule has 1 fully saturated rings. The van der Waals surface area contributed by atoms with Crippen molar-refractivity contribution in [3.63, 3.8) is 0 Å². The summed E-state index contributed by atoms with van der Waals surface area (Å²) in [4.78, 5) is 15.1. The SMILES string of the molecule is CCNC(=NCCc1c(C)[nH]c2ccccc12)N1CCC(C)C(n2ccnc2)C1.I. The molecule has 2 atom stereocenters. The summed E-state index contributed by atoms with van der Waals surface area (Å²) in [6.45, 7) is 10.3. The fourth-order valence-electron chi connectivity index (χ4n) is 4.45. The number of fused-ring (bicyclic) bond motifs is 1. The first kappa shape index (κ1) is 22.7. The molecule has 4 rings (SSSR count). The molecule has 0 bridgehead atoms. The highest BCUT2D eigenvalue weighted by atomic mass is 127. The number of hydrogen-bond acceptors (Lipinski definition) is 2. The van der Waals surface area contributed by atoms with Gasteiger partial charge in [-0.05, 0) is 44.2 Å². The molecule has 1 aliphatic rings. The van der Waals surface area contributed by atoms with Gasteiger partial charge in [-0.2, -0.15) is 0 Å². The number of aromatic amines is 1. The van der Waals surface area contributed by atoms with E-state index in [-0.39, 0.29) is 24.0 Å². The largest absolute Gasteiger partial charge is 0.358 e. The number of para-hydroxylation sites is 1. The third kappa shape index (κ3) is 4.82. The summed E-state index contributed by atoms with van der Waals surface area (Å²) in [6, 6.07) is 8.97. The van der Waals surface area contributed by atoms with Crippen molar-refractivity contribution in [3.8, 4) is 0 Å². The highest BCUT2D eigenvalue weighted by Crippen LogP contribution is 2.27. The zero-order valence-corrected chi connectivity index (χ0v) is 20.5. The topological polar surface area (TPSA) is 61.2 Å². The monoisotopic (exact) mass is 520 g/mol. The van der Waals surface area contributed by atoms with E-state index in [2.05, 4.69) is 76.0 Å². The van der Waals surface area contributed by atoms with Gasteiger partial charge < -0.3 is 19.8 Å². The van der Waals surface area contributed by atoms with Gasteiger partial charge in [0.15, 0.2) is 5.96 Å². The first-order chi connectivity index (χ1) is 14.2. The molecule has 0 aliphatic carbocycles. The van der Waals surface area contributed by atoms with Gasteiger partial charge >= 0.3 is 0 Å². The van der Waals surface area contributed by atoms with Gasteiger partial charge in [-0.3, -0.25) is 4.99 Å². The molecule has 3 heterocycles. The minimum Gasteiger partial charge on any atom is -0.358 e. The van der Waals surface area contributed by atoms with E-state index >= 15 is 0 Å². The first-order valence-corrected chi connectivity index (χ1v) is 10.7. The first-order valence-electron chi connectivity index (χ1n) is 10.7. The number of likely N-dealkylation sites (tertiary alicyclic amines) is 1. The number of nitrogens with one attached hydrogen (secondary N) is 2. The van der Waals surface area contributed by atoms with E-state index in [1.807, 2.05) is 12.5 Å². The van der Waals surface area contributed by atoms with Crippen molar-refractivity contribution in [2.75, 3.05) is 26.2 Å². The fraction of sp³-hybridized carbons (Fsp3) is 0.478. The normalized spacial score (nSPS) is 19.7. The standard InChI is InChI=1S/C23H32N6.HI/c1-4-25-23(28-13-10-17(2)22(15-28)29-14-12-24-16-29)26-11-9-19-18(3)27-21-8-6-5-7-20(19)21;/h5-8,12,14,16-17,22,27H,4,9-11,13,15H2,1-3H3,(H,25,26);1H. The van der Waals surface area contributed by atoms with Gasteiger partial charge in [0, 0.05) is 55.2 Å². The molecule has 1 aromatic carbocycles.